The molecule has 0 spiro atoms. The van der Waals surface area contributed by atoms with Crippen molar-refractivity contribution in [1.82, 2.24) is 10.4 Å². The topological polar surface area (TPSA) is 95.8 Å². The summed E-state index contributed by atoms with van der Waals surface area (Å²) in [5.41, 5.74) is 3.80. The van der Waals surface area contributed by atoms with Crippen molar-refractivity contribution in [3.8, 4) is 11.5 Å². The number of benzene rings is 2. The van der Waals surface area contributed by atoms with Crippen molar-refractivity contribution >= 4 is 38.8 Å². The highest BCUT2D eigenvalue weighted by atomic mass is 32.1. The van der Waals surface area contributed by atoms with Crippen LogP contribution in [0.1, 0.15) is 19.4 Å². The molecule has 0 aliphatic carbocycles. The van der Waals surface area contributed by atoms with Gasteiger partial charge in [0.05, 0.1) is 23.0 Å². The number of fused-ring (bicyclic) bond motifs is 1. The zero-order valence-corrected chi connectivity index (χ0v) is 15.8. The molecule has 0 radical (unpaired) electrons. The second-order valence-electron chi connectivity index (χ2n) is 5.71. The van der Waals surface area contributed by atoms with Crippen LogP contribution < -0.4 is 15.5 Å². The van der Waals surface area contributed by atoms with E-state index in [1.165, 1.54) is 17.6 Å². The Kier molecular flexibility index (Phi) is 5.87. The third-order valence-corrected chi connectivity index (χ3v) is 4.70. The Morgan fingerprint density at radius 1 is 1.33 bits per heavy atom. The van der Waals surface area contributed by atoms with Crippen LogP contribution in [0.5, 0.6) is 11.5 Å². The normalized spacial score (nSPS) is 12.2. The van der Waals surface area contributed by atoms with Gasteiger partial charge in [0.1, 0.15) is 6.04 Å². The maximum Gasteiger partial charge on any atom is 0.262 e. The molecule has 0 aliphatic heterocycles. The molecular formula is C19H20N4O3S. The first kappa shape index (κ1) is 18.7. The molecular weight excluding hydrogens is 364 g/mol. The number of nitrogens with one attached hydrogen (secondary N) is 2. The van der Waals surface area contributed by atoms with Crippen LogP contribution in [0, 0.1) is 0 Å². The Hall–Kier alpha value is -3.13. The largest absolute Gasteiger partial charge is 0.504 e. The maximum absolute atomic E-state index is 12.2. The summed E-state index contributed by atoms with van der Waals surface area (Å²) in [6.07, 6.45) is 1.38. The van der Waals surface area contributed by atoms with Crippen LogP contribution >= 0.6 is 11.3 Å². The Morgan fingerprint density at radius 3 is 2.93 bits per heavy atom. The minimum Gasteiger partial charge on any atom is -0.504 e. The van der Waals surface area contributed by atoms with Gasteiger partial charge in [0.25, 0.3) is 5.91 Å². The van der Waals surface area contributed by atoms with Crippen molar-refractivity contribution in [1.29, 1.82) is 0 Å². The van der Waals surface area contributed by atoms with Crippen molar-refractivity contribution in [2.45, 2.75) is 19.9 Å². The molecule has 1 heterocycles. The number of anilines is 1. The number of carbonyl (C=O) groups is 1. The first-order valence-corrected chi connectivity index (χ1v) is 9.30. The molecule has 1 amide bonds. The predicted octanol–water partition coefficient (Wildman–Crippen LogP) is 3.35. The van der Waals surface area contributed by atoms with Crippen LogP contribution in [-0.2, 0) is 4.79 Å². The summed E-state index contributed by atoms with van der Waals surface area (Å²) in [4.78, 5) is 16.7. The number of nitrogens with zero attached hydrogens (tertiary/aromatic N) is 2. The summed E-state index contributed by atoms with van der Waals surface area (Å²) < 4.78 is 6.37. The van der Waals surface area contributed by atoms with Gasteiger partial charge >= 0.3 is 0 Å². The quantitative estimate of drug-likeness (QED) is 0.429. The molecule has 0 fully saturated rings. The number of para-hydroxylation sites is 2. The van der Waals surface area contributed by atoms with E-state index in [1.54, 1.807) is 25.1 Å². The number of amides is 1. The smallest absolute Gasteiger partial charge is 0.262 e. The molecule has 3 aromatic rings. The van der Waals surface area contributed by atoms with Crippen molar-refractivity contribution in [3.05, 3.63) is 48.0 Å². The number of rotatable bonds is 7. The number of aromatic hydroxyl groups is 1. The summed E-state index contributed by atoms with van der Waals surface area (Å²) in [5, 5.41) is 17.8. The SMILES string of the molecule is CCOc1cccc(/C=N/NC(=O)[C@@H](C)Nc2nc3ccccc3s2)c1O. The third-order valence-electron chi connectivity index (χ3n) is 3.74. The number of aromatic nitrogens is 1. The number of hydrazone groups is 1. The summed E-state index contributed by atoms with van der Waals surface area (Å²) in [5.74, 6) is 0.0441. The zero-order chi connectivity index (χ0) is 19.2. The van der Waals surface area contributed by atoms with Crippen LogP contribution in [0.3, 0.4) is 0 Å². The molecule has 0 bridgehead atoms. The lowest BCUT2D eigenvalue weighted by Crippen LogP contribution is -2.34. The van der Waals surface area contributed by atoms with Gasteiger partial charge in [0.15, 0.2) is 16.6 Å². The average molecular weight is 384 g/mol. The molecule has 3 N–H and O–H groups in total. The Morgan fingerprint density at radius 2 is 2.15 bits per heavy atom. The van der Waals surface area contributed by atoms with Gasteiger partial charge in [-0.3, -0.25) is 4.79 Å². The summed E-state index contributed by atoms with van der Waals surface area (Å²) in [6, 6.07) is 12.3. The lowest BCUT2D eigenvalue weighted by molar-refractivity contribution is -0.121. The molecule has 0 aliphatic rings. The molecule has 2 aromatic carbocycles. The van der Waals surface area contributed by atoms with E-state index in [-0.39, 0.29) is 11.7 Å². The summed E-state index contributed by atoms with van der Waals surface area (Å²) >= 11 is 1.48. The highest BCUT2D eigenvalue weighted by Crippen LogP contribution is 2.28. The number of phenols is 1. The highest BCUT2D eigenvalue weighted by Gasteiger charge is 2.14. The number of ether oxygens (including phenoxy) is 1. The Balaban J connectivity index is 1.60. The van der Waals surface area contributed by atoms with Gasteiger partial charge in [-0.05, 0) is 38.1 Å². The van der Waals surface area contributed by atoms with E-state index in [0.29, 0.717) is 23.1 Å². The molecule has 27 heavy (non-hydrogen) atoms. The Bertz CT molecular complexity index is 937. The fourth-order valence-electron chi connectivity index (χ4n) is 2.36. The molecule has 0 unspecified atom stereocenters. The molecule has 7 nitrogen and oxygen atoms in total. The molecule has 0 saturated heterocycles. The van der Waals surface area contributed by atoms with Crippen LogP contribution in [0.15, 0.2) is 47.6 Å². The minimum atomic E-state index is -0.522. The van der Waals surface area contributed by atoms with E-state index in [1.807, 2.05) is 31.2 Å². The number of hydrogen-bond donors (Lipinski definition) is 3. The average Bonchev–Trinajstić information content (AvgIpc) is 3.07. The fraction of sp³-hybridized carbons (Fsp3) is 0.211. The summed E-state index contributed by atoms with van der Waals surface area (Å²) in [7, 11) is 0. The van der Waals surface area contributed by atoms with E-state index in [4.69, 9.17) is 4.74 Å². The fourth-order valence-corrected chi connectivity index (χ4v) is 3.32. The van der Waals surface area contributed by atoms with Gasteiger partial charge < -0.3 is 15.2 Å². The number of thiazole rings is 1. The lowest BCUT2D eigenvalue weighted by atomic mass is 10.2. The molecule has 3 rings (SSSR count). The number of hydrogen-bond acceptors (Lipinski definition) is 7. The molecule has 1 aromatic heterocycles. The maximum atomic E-state index is 12.2. The molecule has 0 saturated carbocycles. The van der Waals surface area contributed by atoms with Crippen LogP contribution in [0.2, 0.25) is 0 Å². The molecule has 140 valence electrons. The van der Waals surface area contributed by atoms with Gasteiger partial charge in [-0.1, -0.05) is 29.5 Å². The highest BCUT2D eigenvalue weighted by molar-refractivity contribution is 7.22. The van der Waals surface area contributed by atoms with Crippen LogP contribution in [-0.4, -0.2) is 34.9 Å². The van der Waals surface area contributed by atoms with E-state index in [2.05, 4.69) is 20.8 Å². The molecule has 1 atom stereocenters. The van der Waals surface area contributed by atoms with E-state index in [0.717, 1.165) is 10.2 Å². The zero-order valence-electron chi connectivity index (χ0n) is 15.0. The standard InChI is InChI=1S/C19H20N4O3S/c1-3-26-15-9-6-7-13(17(15)24)11-20-23-18(25)12(2)21-19-22-14-8-4-5-10-16(14)27-19/h4-12,24H,3H2,1-2H3,(H,21,22)(H,23,25)/b20-11+/t12-/m1/s1. The first-order chi connectivity index (χ1) is 13.1. The van der Waals surface area contributed by atoms with Crippen molar-refractivity contribution in [2.24, 2.45) is 5.10 Å². The van der Waals surface area contributed by atoms with Crippen molar-refractivity contribution < 1.29 is 14.6 Å². The van der Waals surface area contributed by atoms with Gasteiger partial charge in [-0.25, -0.2) is 10.4 Å². The van der Waals surface area contributed by atoms with Gasteiger partial charge in [0.2, 0.25) is 0 Å². The number of phenolic OH excluding ortho intramolecular Hbond substituents is 1. The molecule has 8 heteroatoms. The minimum absolute atomic E-state index is 0.0157. The predicted molar refractivity (Wildman–Crippen MR) is 108 cm³/mol. The second kappa shape index (κ2) is 8.50. The van der Waals surface area contributed by atoms with Gasteiger partial charge in [-0.2, -0.15) is 5.10 Å². The van der Waals surface area contributed by atoms with Crippen LogP contribution in [0.4, 0.5) is 5.13 Å². The summed E-state index contributed by atoms with van der Waals surface area (Å²) in [6.45, 7) is 4.00. The van der Waals surface area contributed by atoms with Crippen LogP contribution in [0.25, 0.3) is 10.2 Å². The van der Waals surface area contributed by atoms with Gasteiger partial charge in [-0.15, -0.1) is 0 Å². The van der Waals surface area contributed by atoms with Gasteiger partial charge in [0, 0.05) is 5.56 Å². The third kappa shape index (κ3) is 4.53. The Labute approximate surface area is 160 Å². The number of carbonyl (C=O) groups excluding carboxylic acids is 1. The van der Waals surface area contributed by atoms with Crippen molar-refractivity contribution in [3.63, 3.8) is 0 Å². The first-order valence-electron chi connectivity index (χ1n) is 8.48. The van der Waals surface area contributed by atoms with E-state index < -0.39 is 6.04 Å². The lowest BCUT2D eigenvalue weighted by Gasteiger charge is -2.10. The second-order valence-corrected chi connectivity index (χ2v) is 6.74. The van der Waals surface area contributed by atoms with E-state index >= 15 is 0 Å². The van der Waals surface area contributed by atoms with Crippen molar-refractivity contribution in [2.75, 3.05) is 11.9 Å². The van der Waals surface area contributed by atoms with E-state index in [9.17, 15) is 9.90 Å². The monoisotopic (exact) mass is 384 g/mol.